The van der Waals surface area contributed by atoms with Gasteiger partial charge in [-0.1, -0.05) is 26.7 Å². The van der Waals surface area contributed by atoms with Gasteiger partial charge in [0.2, 0.25) is 5.91 Å². The number of nitrogens with zero attached hydrogens (tertiary/aromatic N) is 1. The molecule has 104 valence electrons. The molecule has 0 aromatic heterocycles. The molecule has 0 rings (SSSR count). The summed E-state index contributed by atoms with van der Waals surface area (Å²) < 4.78 is 21.9. The summed E-state index contributed by atoms with van der Waals surface area (Å²) in [5.74, 6) is -0.448. The normalized spacial score (nSPS) is 11.9. The smallest absolute Gasteiger partial charge is 0.240 e. The fourth-order valence-electron chi connectivity index (χ4n) is 1.89. The lowest BCUT2D eigenvalue weighted by molar-refractivity contribution is -0.128. The van der Waals surface area contributed by atoms with Gasteiger partial charge >= 0.3 is 0 Å². The van der Waals surface area contributed by atoms with Crippen molar-refractivity contribution in [1.82, 2.24) is 5.32 Å². The molecule has 0 saturated carbocycles. The zero-order valence-corrected chi connectivity index (χ0v) is 12.1. The maximum Gasteiger partial charge on any atom is 0.240 e. The van der Waals surface area contributed by atoms with Gasteiger partial charge in [0.15, 0.2) is 0 Å². The van der Waals surface area contributed by atoms with Gasteiger partial charge < -0.3 is 5.32 Å². The Kier molecular flexibility index (Phi) is 6.92. The van der Waals surface area contributed by atoms with Crippen molar-refractivity contribution in [1.29, 1.82) is 5.26 Å². The quantitative estimate of drug-likeness (QED) is 0.721. The average Bonchev–Trinajstić information content (AvgIpc) is 2.26. The highest BCUT2D eigenvalue weighted by Gasteiger charge is 2.36. The SMILES string of the molecule is CCCC(C#N)(CCC)C(=O)NCCS(C)(=O)=O. The molecule has 0 aliphatic carbocycles. The molecule has 0 aromatic carbocycles. The van der Waals surface area contributed by atoms with E-state index in [0.29, 0.717) is 12.8 Å². The van der Waals surface area contributed by atoms with Crippen molar-refractivity contribution in [2.24, 2.45) is 5.41 Å². The Morgan fingerprint density at radius 2 is 1.78 bits per heavy atom. The Bertz CT molecular complexity index is 404. The van der Waals surface area contributed by atoms with E-state index in [0.717, 1.165) is 19.1 Å². The van der Waals surface area contributed by atoms with E-state index in [1.54, 1.807) is 0 Å². The zero-order chi connectivity index (χ0) is 14.2. The molecule has 0 aromatic rings. The second-order valence-corrected chi connectivity index (χ2v) is 6.84. The number of sulfone groups is 1. The third-order valence-corrected chi connectivity index (χ3v) is 3.71. The summed E-state index contributed by atoms with van der Waals surface area (Å²) in [6.07, 6.45) is 3.61. The standard InChI is InChI=1S/C12H22N2O3S/c1-4-6-12(10-13,7-5-2)11(15)14-8-9-18(3,16)17/h4-9H2,1-3H3,(H,14,15). The van der Waals surface area contributed by atoms with E-state index in [9.17, 15) is 18.5 Å². The van der Waals surface area contributed by atoms with Crippen molar-refractivity contribution in [3.05, 3.63) is 0 Å². The molecule has 0 saturated heterocycles. The molecule has 0 aliphatic heterocycles. The van der Waals surface area contributed by atoms with Crippen LogP contribution in [0.15, 0.2) is 0 Å². The van der Waals surface area contributed by atoms with Gasteiger partial charge in [0, 0.05) is 12.8 Å². The van der Waals surface area contributed by atoms with Crippen LogP contribution in [-0.2, 0) is 14.6 Å². The van der Waals surface area contributed by atoms with E-state index in [2.05, 4.69) is 11.4 Å². The van der Waals surface area contributed by atoms with Crippen LogP contribution >= 0.6 is 0 Å². The van der Waals surface area contributed by atoms with Gasteiger partial charge in [0.25, 0.3) is 0 Å². The first-order chi connectivity index (χ1) is 8.31. The van der Waals surface area contributed by atoms with E-state index in [4.69, 9.17) is 0 Å². The summed E-state index contributed by atoms with van der Waals surface area (Å²) in [5.41, 5.74) is -1.01. The summed E-state index contributed by atoms with van der Waals surface area (Å²) in [6.45, 7) is 3.91. The zero-order valence-electron chi connectivity index (χ0n) is 11.3. The molecule has 0 bridgehead atoms. The monoisotopic (exact) mass is 274 g/mol. The second-order valence-electron chi connectivity index (χ2n) is 4.58. The van der Waals surface area contributed by atoms with Crippen LogP contribution in [0.25, 0.3) is 0 Å². The Balaban J connectivity index is 4.62. The Morgan fingerprint density at radius 3 is 2.11 bits per heavy atom. The number of nitrogens with one attached hydrogen (secondary N) is 1. The molecular formula is C12H22N2O3S. The molecule has 0 unspecified atom stereocenters. The first-order valence-electron chi connectivity index (χ1n) is 6.18. The molecular weight excluding hydrogens is 252 g/mol. The highest BCUT2D eigenvalue weighted by Crippen LogP contribution is 2.29. The number of hydrogen-bond donors (Lipinski definition) is 1. The molecule has 0 spiro atoms. The molecule has 18 heavy (non-hydrogen) atoms. The predicted octanol–water partition coefficient (Wildman–Crippen LogP) is 1.26. The van der Waals surface area contributed by atoms with Gasteiger partial charge in [-0.2, -0.15) is 5.26 Å². The number of amides is 1. The van der Waals surface area contributed by atoms with Crippen LogP contribution in [0.5, 0.6) is 0 Å². The van der Waals surface area contributed by atoms with Crippen LogP contribution in [0, 0.1) is 16.7 Å². The van der Waals surface area contributed by atoms with Crippen LogP contribution in [0.3, 0.4) is 0 Å². The first-order valence-corrected chi connectivity index (χ1v) is 8.24. The van der Waals surface area contributed by atoms with Crippen LogP contribution < -0.4 is 5.32 Å². The van der Waals surface area contributed by atoms with E-state index in [1.165, 1.54) is 0 Å². The Labute approximate surface area is 109 Å². The number of rotatable bonds is 8. The number of hydrogen-bond acceptors (Lipinski definition) is 4. The lowest BCUT2D eigenvalue weighted by Gasteiger charge is -2.24. The summed E-state index contributed by atoms with van der Waals surface area (Å²) in [6, 6.07) is 2.10. The number of carbonyl (C=O) groups is 1. The third kappa shape index (κ3) is 5.50. The highest BCUT2D eigenvalue weighted by atomic mass is 32.2. The highest BCUT2D eigenvalue weighted by molar-refractivity contribution is 7.90. The maximum absolute atomic E-state index is 12.0. The minimum Gasteiger partial charge on any atom is -0.354 e. The van der Waals surface area contributed by atoms with Crippen molar-refractivity contribution in [3.63, 3.8) is 0 Å². The van der Waals surface area contributed by atoms with Crippen LogP contribution in [0.4, 0.5) is 0 Å². The molecule has 1 N–H and O–H groups in total. The molecule has 0 heterocycles. The van der Waals surface area contributed by atoms with Gasteiger partial charge in [0.05, 0.1) is 11.8 Å². The van der Waals surface area contributed by atoms with Gasteiger partial charge in [-0.15, -0.1) is 0 Å². The summed E-state index contributed by atoms with van der Waals surface area (Å²) >= 11 is 0. The lowest BCUT2D eigenvalue weighted by Crippen LogP contribution is -2.41. The van der Waals surface area contributed by atoms with Crippen LogP contribution in [0.1, 0.15) is 39.5 Å². The van der Waals surface area contributed by atoms with Crippen molar-refractivity contribution in [2.45, 2.75) is 39.5 Å². The fourth-order valence-corrected chi connectivity index (χ4v) is 2.36. The van der Waals surface area contributed by atoms with Crippen molar-refractivity contribution in [2.75, 3.05) is 18.6 Å². The summed E-state index contributed by atoms with van der Waals surface area (Å²) in [4.78, 5) is 12.0. The summed E-state index contributed by atoms with van der Waals surface area (Å²) in [5, 5.41) is 11.8. The molecule has 0 radical (unpaired) electrons. The fraction of sp³-hybridized carbons (Fsp3) is 0.833. The van der Waals surface area contributed by atoms with Gasteiger partial charge in [-0.05, 0) is 12.8 Å². The minimum atomic E-state index is -3.09. The van der Waals surface area contributed by atoms with Crippen molar-refractivity contribution in [3.8, 4) is 6.07 Å². The molecule has 0 atom stereocenters. The topological polar surface area (TPSA) is 87.0 Å². The molecule has 0 aliphatic rings. The van der Waals surface area contributed by atoms with Gasteiger partial charge in [-0.3, -0.25) is 4.79 Å². The average molecular weight is 274 g/mol. The molecule has 0 fully saturated rings. The minimum absolute atomic E-state index is 0.0640. The van der Waals surface area contributed by atoms with E-state index < -0.39 is 15.3 Å². The van der Waals surface area contributed by atoms with E-state index >= 15 is 0 Å². The maximum atomic E-state index is 12.0. The number of carbonyl (C=O) groups excluding carboxylic acids is 1. The van der Waals surface area contributed by atoms with Gasteiger partial charge in [0.1, 0.15) is 15.3 Å². The van der Waals surface area contributed by atoms with E-state index in [1.807, 2.05) is 13.8 Å². The third-order valence-electron chi connectivity index (χ3n) is 2.76. The summed E-state index contributed by atoms with van der Waals surface area (Å²) in [7, 11) is -3.09. The largest absolute Gasteiger partial charge is 0.354 e. The van der Waals surface area contributed by atoms with Gasteiger partial charge in [-0.25, -0.2) is 8.42 Å². The molecule has 1 amide bonds. The van der Waals surface area contributed by atoms with Crippen LogP contribution in [-0.4, -0.2) is 32.9 Å². The number of nitriles is 1. The van der Waals surface area contributed by atoms with Crippen molar-refractivity contribution >= 4 is 15.7 Å². The van der Waals surface area contributed by atoms with Crippen LogP contribution in [0.2, 0.25) is 0 Å². The van der Waals surface area contributed by atoms with Crippen molar-refractivity contribution < 1.29 is 13.2 Å². The van der Waals surface area contributed by atoms with E-state index in [-0.39, 0.29) is 18.2 Å². The first kappa shape index (κ1) is 16.9. The second kappa shape index (κ2) is 7.37. The lowest BCUT2D eigenvalue weighted by atomic mass is 9.80. The predicted molar refractivity (Wildman–Crippen MR) is 70.6 cm³/mol. The molecule has 5 nitrogen and oxygen atoms in total. The molecule has 6 heteroatoms. The Hall–Kier alpha value is -1.09. The Morgan fingerprint density at radius 1 is 1.28 bits per heavy atom.